The number of sulfonamides is 1. The maximum atomic E-state index is 12.1. The van der Waals surface area contributed by atoms with E-state index in [-0.39, 0.29) is 5.75 Å². The van der Waals surface area contributed by atoms with Crippen molar-refractivity contribution in [1.29, 1.82) is 0 Å². The molecule has 9 heteroatoms. The third-order valence-electron chi connectivity index (χ3n) is 5.38. The van der Waals surface area contributed by atoms with Crippen LogP contribution in [-0.4, -0.2) is 51.5 Å². The Morgan fingerprint density at radius 1 is 1.21 bits per heavy atom. The molecule has 0 spiro atoms. The fourth-order valence-corrected chi connectivity index (χ4v) is 4.46. The number of benzene rings is 1. The number of nitrogens with two attached hydrogens (primary N) is 1. The van der Waals surface area contributed by atoms with Gasteiger partial charge in [-0.3, -0.25) is 0 Å². The maximum Gasteiger partial charge on any atom is 0.214 e. The molecule has 1 aliphatic heterocycles. The van der Waals surface area contributed by atoms with E-state index in [4.69, 9.17) is 10.7 Å². The molecule has 4 rings (SSSR count). The van der Waals surface area contributed by atoms with Crippen LogP contribution in [0, 0.1) is 13.8 Å². The molecule has 3 N–H and O–H groups in total. The molecule has 3 heterocycles. The van der Waals surface area contributed by atoms with Crippen molar-refractivity contribution >= 4 is 32.4 Å². The van der Waals surface area contributed by atoms with E-state index in [0.29, 0.717) is 42.5 Å². The van der Waals surface area contributed by atoms with Crippen LogP contribution in [0.5, 0.6) is 0 Å². The van der Waals surface area contributed by atoms with E-state index in [0.717, 1.165) is 16.6 Å². The number of aromatic amines is 1. The van der Waals surface area contributed by atoms with Crippen LogP contribution in [0.1, 0.15) is 30.2 Å². The van der Waals surface area contributed by atoms with Gasteiger partial charge >= 0.3 is 0 Å². The predicted octanol–water partition coefficient (Wildman–Crippen LogP) is 2.66. The van der Waals surface area contributed by atoms with Crippen molar-refractivity contribution in [1.82, 2.24) is 24.2 Å². The van der Waals surface area contributed by atoms with Crippen molar-refractivity contribution < 1.29 is 8.42 Å². The van der Waals surface area contributed by atoms with Crippen molar-refractivity contribution in [2.24, 2.45) is 0 Å². The number of nitrogen functional groups attached to an aromatic ring is 1. The monoisotopic (exact) mass is 412 g/mol. The number of hydrogen-bond acceptors (Lipinski definition) is 6. The zero-order chi connectivity index (χ0) is 20.8. The minimum atomic E-state index is -3.19. The Hall–Kier alpha value is -2.78. The van der Waals surface area contributed by atoms with Crippen LogP contribution >= 0.6 is 0 Å². The first-order valence-corrected chi connectivity index (χ1v) is 11.2. The summed E-state index contributed by atoms with van der Waals surface area (Å²) in [7, 11) is -3.19. The Labute approximate surface area is 169 Å². The minimum Gasteiger partial charge on any atom is -0.382 e. The van der Waals surface area contributed by atoms with Gasteiger partial charge in [0.2, 0.25) is 10.0 Å². The highest BCUT2D eigenvalue weighted by Crippen LogP contribution is 2.28. The second-order valence-corrected chi connectivity index (χ2v) is 9.52. The summed E-state index contributed by atoms with van der Waals surface area (Å²) in [5.41, 5.74) is 12.4. The molecule has 0 radical (unpaired) electrons. The van der Waals surface area contributed by atoms with Gasteiger partial charge in [-0.15, -0.1) is 0 Å². The highest BCUT2D eigenvalue weighted by atomic mass is 32.2. The number of H-pyrrole nitrogens is 1. The number of anilines is 1. The van der Waals surface area contributed by atoms with Crippen molar-refractivity contribution in [3.05, 3.63) is 41.2 Å². The third-order valence-corrected chi connectivity index (χ3v) is 7.23. The lowest BCUT2D eigenvalue weighted by Gasteiger charge is -2.25. The zero-order valence-corrected chi connectivity index (χ0v) is 17.5. The summed E-state index contributed by atoms with van der Waals surface area (Å²) in [5, 5.41) is 0. The van der Waals surface area contributed by atoms with Gasteiger partial charge in [0.15, 0.2) is 11.6 Å². The lowest BCUT2D eigenvalue weighted by atomic mass is 10.1. The quantitative estimate of drug-likeness (QED) is 0.680. The summed E-state index contributed by atoms with van der Waals surface area (Å²) >= 11 is 0. The second-order valence-electron chi connectivity index (χ2n) is 7.27. The number of rotatable bonds is 4. The van der Waals surface area contributed by atoms with Crippen LogP contribution in [0.2, 0.25) is 0 Å². The van der Waals surface area contributed by atoms with E-state index in [9.17, 15) is 8.42 Å². The van der Waals surface area contributed by atoms with Gasteiger partial charge in [0.05, 0.1) is 28.7 Å². The average molecular weight is 413 g/mol. The van der Waals surface area contributed by atoms with Gasteiger partial charge in [-0.05, 0) is 56.0 Å². The van der Waals surface area contributed by atoms with Crippen LogP contribution in [0.25, 0.3) is 28.1 Å². The van der Waals surface area contributed by atoms with Gasteiger partial charge in [-0.2, -0.15) is 4.31 Å². The van der Waals surface area contributed by atoms with E-state index < -0.39 is 10.0 Å². The molecule has 0 atom stereocenters. The SMILES string of the molecule is CCS(=O)(=O)N1CC=C(c2cnc(N)c(-c3nc4cc(C)c(C)cc4[nH]3)n2)CC1. The molecular formula is C20H24N6O2S. The normalized spacial score (nSPS) is 15.6. The molecule has 152 valence electrons. The van der Waals surface area contributed by atoms with Crippen molar-refractivity contribution in [3.63, 3.8) is 0 Å². The Morgan fingerprint density at radius 3 is 2.66 bits per heavy atom. The molecule has 29 heavy (non-hydrogen) atoms. The summed E-state index contributed by atoms with van der Waals surface area (Å²) in [4.78, 5) is 16.9. The topological polar surface area (TPSA) is 118 Å². The summed E-state index contributed by atoms with van der Waals surface area (Å²) in [6, 6.07) is 4.09. The lowest BCUT2D eigenvalue weighted by molar-refractivity contribution is 0.442. The van der Waals surface area contributed by atoms with E-state index in [2.05, 4.69) is 34.9 Å². The molecule has 0 bridgehead atoms. The van der Waals surface area contributed by atoms with Crippen molar-refractivity contribution in [3.8, 4) is 11.5 Å². The Kier molecular flexibility index (Phi) is 4.87. The highest BCUT2D eigenvalue weighted by molar-refractivity contribution is 7.89. The molecule has 2 aromatic heterocycles. The maximum absolute atomic E-state index is 12.1. The van der Waals surface area contributed by atoms with Gasteiger partial charge < -0.3 is 10.7 Å². The Bertz CT molecular complexity index is 1190. The van der Waals surface area contributed by atoms with Gasteiger partial charge in [0.25, 0.3) is 0 Å². The molecule has 0 aliphatic carbocycles. The molecule has 0 amide bonds. The lowest BCUT2D eigenvalue weighted by Crippen LogP contribution is -2.35. The van der Waals surface area contributed by atoms with Gasteiger partial charge in [-0.1, -0.05) is 6.08 Å². The first kappa shape index (κ1) is 19.5. The van der Waals surface area contributed by atoms with E-state index >= 15 is 0 Å². The number of nitrogens with one attached hydrogen (secondary N) is 1. The summed E-state index contributed by atoms with van der Waals surface area (Å²) in [5.74, 6) is 0.976. The molecule has 0 unspecified atom stereocenters. The minimum absolute atomic E-state index is 0.104. The molecule has 0 saturated carbocycles. The van der Waals surface area contributed by atoms with Crippen LogP contribution in [0.4, 0.5) is 5.82 Å². The number of aromatic nitrogens is 4. The largest absolute Gasteiger partial charge is 0.382 e. The van der Waals surface area contributed by atoms with E-state index in [1.54, 1.807) is 13.1 Å². The molecule has 1 aromatic carbocycles. The number of imidazole rings is 1. The number of hydrogen-bond donors (Lipinski definition) is 2. The molecule has 3 aromatic rings. The fraction of sp³-hybridized carbons (Fsp3) is 0.350. The first-order valence-electron chi connectivity index (χ1n) is 9.55. The highest BCUT2D eigenvalue weighted by Gasteiger charge is 2.24. The Morgan fingerprint density at radius 2 is 1.97 bits per heavy atom. The molecule has 1 aliphatic rings. The molecular weight excluding hydrogens is 388 g/mol. The van der Waals surface area contributed by atoms with Crippen molar-refractivity contribution in [2.45, 2.75) is 27.2 Å². The van der Waals surface area contributed by atoms with Gasteiger partial charge in [0.1, 0.15) is 5.69 Å². The van der Waals surface area contributed by atoms with Gasteiger partial charge in [0, 0.05) is 13.1 Å². The summed E-state index contributed by atoms with van der Waals surface area (Å²) < 4.78 is 25.6. The molecule has 8 nitrogen and oxygen atoms in total. The van der Waals surface area contributed by atoms with Gasteiger partial charge in [-0.25, -0.2) is 23.4 Å². The predicted molar refractivity (Wildman–Crippen MR) is 115 cm³/mol. The smallest absolute Gasteiger partial charge is 0.214 e. The zero-order valence-electron chi connectivity index (χ0n) is 16.7. The number of fused-ring (bicyclic) bond motifs is 1. The average Bonchev–Trinajstić information content (AvgIpc) is 3.11. The van der Waals surface area contributed by atoms with Crippen molar-refractivity contribution in [2.75, 3.05) is 24.6 Å². The van der Waals surface area contributed by atoms with Crippen LogP contribution in [-0.2, 0) is 10.0 Å². The standard InChI is InChI=1S/C20H24N6O2S/c1-4-29(27,28)26-7-5-14(6-8-26)17-11-22-19(21)18(23-17)20-24-15-9-12(2)13(3)10-16(15)25-20/h5,9-11H,4,6-8H2,1-3H3,(H2,21,22)(H,24,25). The molecule has 0 fully saturated rings. The summed E-state index contributed by atoms with van der Waals surface area (Å²) in [6.07, 6.45) is 4.10. The second kappa shape index (κ2) is 7.23. The Balaban J connectivity index is 1.69. The third kappa shape index (κ3) is 3.63. The fourth-order valence-electron chi connectivity index (χ4n) is 3.43. The van der Waals surface area contributed by atoms with Crippen LogP contribution in [0.3, 0.4) is 0 Å². The van der Waals surface area contributed by atoms with E-state index in [1.807, 2.05) is 12.1 Å². The summed E-state index contributed by atoms with van der Waals surface area (Å²) in [6.45, 7) is 6.54. The van der Waals surface area contributed by atoms with Crippen LogP contribution < -0.4 is 5.73 Å². The first-order chi connectivity index (χ1) is 13.8. The number of nitrogens with zero attached hydrogens (tertiary/aromatic N) is 4. The van der Waals surface area contributed by atoms with E-state index in [1.165, 1.54) is 15.4 Å². The number of aryl methyl sites for hydroxylation is 2. The van der Waals surface area contributed by atoms with Crippen LogP contribution in [0.15, 0.2) is 24.4 Å². The molecule has 0 saturated heterocycles.